The zero-order valence-electron chi connectivity index (χ0n) is 32.5. The monoisotopic (exact) mass is 935 g/mol. The van der Waals surface area contributed by atoms with Gasteiger partial charge < -0.3 is 45.8 Å². The number of nitrogens with two attached hydrogens (primary N) is 1. The molecule has 0 heterocycles. The van der Waals surface area contributed by atoms with Crippen LogP contribution in [-0.2, 0) is 28.9 Å². The number of fused-ring (bicyclic) bond motifs is 1. The number of anilines is 1. The zero-order valence-corrected chi connectivity index (χ0v) is 35.0. The van der Waals surface area contributed by atoms with Crippen molar-refractivity contribution in [1.29, 1.82) is 0 Å². The Morgan fingerprint density at radius 3 is 1.75 bits per heavy atom. The molecule has 0 saturated heterocycles. The molecule has 5 aromatic rings. The van der Waals surface area contributed by atoms with Crippen molar-refractivity contribution in [2.24, 2.45) is 30.7 Å². The fourth-order valence-corrected chi connectivity index (χ4v) is 6.79. The van der Waals surface area contributed by atoms with E-state index < -0.39 is 58.5 Å². The van der Waals surface area contributed by atoms with Crippen LogP contribution in [0.5, 0.6) is 23.0 Å². The molecule has 0 bridgehead atoms. The number of aromatic hydroxyl groups is 2. The van der Waals surface area contributed by atoms with Crippen LogP contribution in [0.2, 0.25) is 0 Å². The molecule has 0 fully saturated rings. The highest BCUT2D eigenvalue weighted by atomic mass is 32.2. The Labute approximate surface area is 364 Å². The van der Waals surface area contributed by atoms with Crippen molar-refractivity contribution in [2.45, 2.75) is 40.7 Å². The Balaban J connectivity index is 1.54. The third kappa shape index (κ3) is 12.7. The molecule has 2 atom stereocenters. The number of aliphatic hydroxyl groups is 4. The molecule has 336 valence electrons. The summed E-state index contributed by atoms with van der Waals surface area (Å²) in [5, 5.41) is 110. The van der Waals surface area contributed by atoms with Crippen LogP contribution in [0.15, 0.2) is 106 Å². The molecular weight excluding hydrogens is 899 g/mol. The highest BCUT2D eigenvalue weighted by molar-refractivity contribution is 7.95. The number of phenols is 2. The maximum absolute atomic E-state index is 11.9. The van der Waals surface area contributed by atoms with E-state index in [9.17, 15) is 43.6 Å². The lowest BCUT2D eigenvalue weighted by Gasteiger charge is -2.14. The summed E-state index contributed by atoms with van der Waals surface area (Å²) in [6.45, 7) is 1.31. The number of ether oxygens (including phenoxy) is 2. The van der Waals surface area contributed by atoms with Gasteiger partial charge in [-0.3, -0.25) is 4.55 Å². The smallest absolute Gasteiger partial charge is 0.296 e. The Kier molecular flexibility index (Phi) is 17.0. The highest BCUT2D eigenvalue weighted by Crippen LogP contribution is 2.47. The van der Waals surface area contributed by atoms with Gasteiger partial charge in [-0.1, -0.05) is 10.1 Å². The quantitative estimate of drug-likeness (QED) is 0.00863. The van der Waals surface area contributed by atoms with Crippen LogP contribution in [0.1, 0.15) is 11.1 Å². The Bertz CT molecular complexity index is 2640. The Morgan fingerprint density at radius 1 is 0.683 bits per heavy atom. The Morgan fingerprint density at radius 2 is 1.21 bits per heavy atom. The first kappa shape index (κ1) is 48.4. The summed E-state index contributed by atoms with van der Waals surface area (Å²) in [6.07, 6.45) is -2.57. The second kappa shape index (κ2) is 22.1. The van der Waals surface area contributed by atoms with Gasteiger partial charge in [0, 0.05) is 17.5 Å². The zero-order chi connectivity index (χ0) is 45.8. The van der Waals surface area contributed by atoms with E-state index in [1.807, 2.05) is 0 Å². The SMILES string of the molecule is Cc1cc(N=Nc2cc(OCC(O)CO)c(N=Nc3c(SOOO)cc4cc(S(=O)(=O)O)c(N)cc4c3O)cc2C)c(OCC(O)CO)cc1N=Nc1ccc(O)c(SOOO)c1. The minimum Gasteiger partial charge on any atom is -0.507 e. The van der Waals surface area contributed by atoms with Gasteiger partial charge in [0.25, 0.3) is 10.1 Å². The number of aliphatic hydroxyl groups excluding tert-OH is 4. The third-order valence-electron chi connectivity index (χ3n) is 8.35. The Hall–Kier alpha value is -5.63. The van der Waals surface area contributed by atoms with E-state index in [-0.39, 0.29) is 72.9 Å². The summed E-state index contributed by atoms with van der Waals surface area (Å²) >= 11 is 0.874. The normalized spacial score (nSPS) is 13.2. The van der Waals surface area contributed by atoms with Crippen LogP contribution >= 0.6 is 24.1 Å². The average Bonchev–Trinajstić information content (AvgIpc) is 3.25. The molecule has 27 heteroatoms. The van der Waals surface area contributed by atoms with E-state index in [0.717, 1.165) is 12.1 Å². The van der Waals surface area contributed by atoms with E-state index in [1.165, 1.54) is 42.5 Å². The highest BCUT2D eigenvalue weighted by Gasteiger charge is 2.21. The number of aryl methyl sites for hydroxylation is 2. The molecule has 5 aromatic carbocycles. The first-order chi connectivity index (χ1) is 30.1. The third-order valence-corrected chi connectivity index (χ3v) is 10.5. The maximum atomic E-state index is 11.9. The van der Waals surface area contributed by atoms with Gasteiger partial charge in [-0.15, -0.1) is 24.0 Å². The molecule has 24 nitrogen and oxygen atoms in total. The number of phenolic OH excluding ortho intramolecular Hbond substituents is 2. The van der Waals surface area contributed by atoms with Gasteiger partial charge in [0.05, 0.1) is 69.8 Å². The number of rotatable bonds is 21. The van der Waals surface area contributed by atoms with Crippen LogP contribution in [0.3, 0.4) is 0 Å². The van der Waals surface area contributed by atoms with Crippen LogP contribution < -0.4 is 15.2 Å². The minimum absolute atomic E-state index is 0.00812. The van der Waals surface area contributed by atoms with Gasteiger partial charge in [-0.2, -0.15) is 23.8 Å². The van der Waals surface area contributed by atoms with E-state index >= 15 is 0 Å². The van der Waals surface area contributed by atoms with Gasteiger partial charge in [-0.25, -0.2) is 10.5 Å². The summed E-state index contributed by atoms with van der Waals surface area (Å²) in [5.74, 6) is -0.726. The van der Waals surface area contributed by atoms with Crippen molar-refractivity contribution >= 4 is 84.8 Å². The molecule has 11 N–H and O–H groups in total. The number of benzene rings is 5. The summed E-state index contributed by atoms with van der Waals surface area (Å²) in [5.41, 5.74) is 7.09. The van der Waals surface area contributed by atoms with Gasteiger partial charge in [0.1, 0.15) is 64.6 Å². The minimum atomic E-state index is -4.76. The molecule has 0 aliphatic heterocycles. The molecule has 0 aliphatic rings. The summed E-state index contributed by atoms with van der Waals surface area (Å²) in [7, 11) is -4.76. The van der Waals surface area contributed by atoms with Gasteiger partial charge in [0.2, 0.25) is 0 Å². The lowest BCUT2D eigenvalue weighted by Crippen LogP contribution is -2.21. The van der Waals surface area contributed by atoms with E-state index in [1.54, 1.807) is 19.9 Å². The molecule has 63 heavy (non-hydrogen) atoms. The van der Waals surface area contributed by atoms with Crippen LogP contribution in [0.4, 0.5) is 39.8 Å². The molecule has 0 saturated carbocycles. The number of nitrogen functional groups attached to an aromatic ring is 1. The van der Waals surface area contributed by atoms with E-state index in [4.69, 9.17) is 25.7 Å². The summed E-state index contributed by atoms with van der Waals surface area (Å²) in [4.78, 5) is -0.546. The van der Waals surface area contributed by atoms with Gasteiger partial charge in [0.15, 0.2) is 5.75 Å². The largest absolute Gasteiger partial charge is 0.507 e. The van der Waals surface area contributed by atoms with Crippen molar-refractivity contribution in [3.8, 4) is 23.0 Å². The van der Waals surface area contributed by atoms with Gasteiger partial charge >= 0.3 is 0 Å². The van der Waals surface area contributed by atoms with Crippen molar-refractivity contribution in [1.82, 2.24) is 0 Å². The molecule has 0 amide bonds. The predicted octanol–water partition coefficient (Wildman–Crippen LogP) is 7.26. The maximum Gasteiger partial charge on any atom is 0.296 e. The van der Waals surface area contributed by atoms with Crippen LogP contribution in [-0.4, -0.2) is 92.8 Å². The predicted molar refractivity (Wildman–Crippen MR) is 221 cm³/mol. The number of hydrogen-bond acceptors (Lipinski definition) is 25. The van der Waals surface area contributed by atoms with Crippen molar-refractivity contribution in [3.05, 3.63) is 71.8 Å². The molecule has 0 radical (unpaired) electrons. The fraction of sp³-hybridized carbons (Fsp3) is 0.222. The van der Waals surface area contributed by atoms with E-state index in [2.05, 4.69) is 49.4 Å². The summed E-state index contributed by atoms with van der Waals surface area (Å²) in [6, 6.07) is 13.4. The lowest BCUT2D eigenvalue weighted by atomic mass is 10.1. The van der Waals surface area contributed by atoms with Crippen LogP contribution in [0.25, 0.3) is 10.8 Å². The van der Waals surface area contributed by atoms with Gasteiger partial charge in [-0.05, 0) is 78.9 Å². The number of azo groups is 3. The van der Waals surface area contributed by atoms with Crippen molar-refractivity contribution in [2.75, 3.05) is 32.2 Å². The topological polar surface area (TPSA) is 372 Å². The molecular formula is C36H37N7O17S3. The first-order valence-electron chi connectivity index (χ1n) is 17.6. The number of hydrogen-bond donors (Lipinski definition) is 10. The molecule has 0 aliphatic carbocycles. The van der Waals surface area contributed by atoms with E-state index in [0.29, 0.717) is 40.9 Å². The molecule has 5 rings (SSSR count). The molecule has 2 unspecified atom stereocenters. The van der Waals surface area contributed by atoms with Crippen molar-refractivity contribution < 1.29 is 82.3 Å². The number of nitrogens with zero attached hydrogens (tertiary/aromatic N) is 6. The standard InChI is InChI=1S/C36H37N7O17S3/c1-17-5-27(30(55-15-21(46)13-44)11-25(17)39-38-20-3-4-29(48)32(9-20)61-59-57-50)41-40-26-12-31(56-16-22(47)14-45)28(6-18(26)2)42-43-35-33(62-60-58-51)7-19-8-34(63(52,53)54)24(37)10-23(19)36(35)49/h3-12,21-22,44-51H,13-16,37H2,1-2H3,(H,52,53,54). The first-order valence-corrected chi connectivity index (χ1v) is 20.6. The molecule has 0 aromatic heterocycles. The molecule has 0 spiro atoms. The second-order valence-electron chi connectivity index (χ2n) is 12.9. The van der Waals surface area contributed by atoms with Crippen molar-refractivity contribution in [3.63, 3.8) is 0 Å². The second-order valence-corrected chi connectivity index (χ2v) is 15.7. The average molecular weight is 936 g/mol. The lowest BCUT2D eigenvalue weighted by molar-refractivity contribution is -0.432. The fourth-order valence-electron chi connectivity index (χ4n) is 5.24. The van der Waals surface area contributed by atoms with Crippen LogP contribution in [0, 0.1) is 13.8 Å². The summed E-state index contributed by atoms with van der Waals surface area (Å²) < 4.78 is 53.8.